The molecule has 0 aliphatic carbocycles. The van der Waals surface area contributed by atoms with E-state index in [2.05, 4.69) is 4.44 Å². The highest BCUT2D eigenvalue weighted by Gasteiger charge is 2.15. The van der Waals surface area contributed by atoms with Crippen molar-refractivity contribution in [3.63, 3.8) is 0 Å². The zero-order valence-electron chi connectivity index (χ0n) is 5.22. The van der Waals surface area contributed by atoms with Crippen molar-refractivity contribution in [1.82, 2.24) is 0 Å². The van der Waals surface area contributed by atoms with Crippen LogP contribution >= 0.6 is 7.56 Å². The average molecular weight is 136 g/mol. The van der Waals surface area contributed by atoms with Gasteiger partial charge in [0.15, 0.2) is 0 Å². The molecule has 0 saturated carbocycles. The predicted molar refractivity (Wildman–Crippen MR) is 35.8 cm³/mol. The molecule has 0 fully saturated rings. The summed E-state index contributed by atoms with van der Waals surface area (Å²) >= 11 is 0. The van der Waals surface area contributed by atoms with Gasteiger partial charge in [-0.2, -0.15) is 4.20 Å². The lowest BCUT2D eigenvalue weighted by molar-refractivity contribution is 0.462. The van der Waals surface area contributed by atoms with Gasteiger partial charge in [-0.15, -0.1) is 0 Å². The summed E-state index contributed by atoms with van der Waals surface area (Å²) in [6, 6.07) is 0. The summed E-state index contributed by atoms with van der Waals surface area (Å²) in [5.41, 5.74) is 0. The van der Waals surface area contributed by atoms with Crippen LogP contribution in [0.1, 0.15) is 0 Å². The highest BCUT2D eigenvalue weighted by Crippen LogP contribution is 2.43. The van der Waals surface area contributed by atoms with Crippen LogP contribution in [0.4, 0.5) is 4.20 Å². The Bertz CT molecular complexity index is 111. The summed E-state index contributed by atoms with van der Waals surface area (Å²) in [5.74, 6) is 0. The van der Waals surface area contributed by atoms with Crippen LogP contribution in [-0.4, -0.2) is 14.5 Å². The molecule has 1 atom stereocenters. The Hall–Kier alpha value is 0.250. The van der Waals surface area contributed by atoms with E-state index in [0.717, 1.165) is 7.57 Å². The fraction of sp³-hybridized carbons (Fsp3) is 1.00. The minimum Gasteiger partial charge on any atom is -0.376 e. The highest BCUT2D eigenvalue weighted by atomic mass is 31.2. The van der Waals surface area contributed by atoms with Gasteiger partial charge in [0.05, 0.1) is 0 Å². The second-order valence-electron chi connectivity index (χ2n) is 1.90. The standard InChI is InChI=1S/C2H8B2FO2P/c1-4(2)7-8(3,5)6/h3H2,1-2H3. The molecule has 2 nitrogen and oxygen atoms in total. The molecule has 8 heavy (non-hydrogen) atoms. The molecule has 0 aliphatic heterocycles. The molecular formula is C2H8B2FO2P. The lowest BCUT2D eigenvalue weighted by atomic mass is 9.76. The van der Waals surface area contributed by atoms with Crippen molar-refractivity contribution in [2.45, 2.75) is 13.6 Å². The number of halogens is 1. The highest BCUT2D eigenvalue weighted by molar-refractivity contribution is 7.79. The lowest BCUT2D eigenvalue weighted by Crippen LogP contribution is -2.02. The second kappa shape index (κ2) is 2.70. The summed E-state index contributed by atoms with van der Waals surface area (Å²) in [6.07, 6.45) is 0. The number of rotatable bonds is 2. The molecule has 0 radical (unpaired) electrons. The Kier molecular flexibility index (Phi) is 2.78. The molecule has 0 aromatic heterocycles. The normalized spacial score (nSPS) is 17.4. The first kappa shape index (κ1) is 8.25. The van der Waals surface area contributed by atoms with Crippen LogP contribution in [0, 0.1) is 0 Å². The minimum atomic E-state index is -3.72. The molecule has 0 saturated heterocycles. The van der Waals surface area contributed by atoms with Crippen LogP contribution in [0.25, 0.3) is 0 Å². The van der Waals surface area contributed by atoms with Gasteiger partial charge in [0.1, 0.15) is 0 Å². The van der Waals surface area contributed by atoms with E-state index in [0.29, 0.717) is 0 Å². The molecule has 46 valence electrons. The molecule has 0 amide bonds. The van der Waals surface area contributed by atoms with Crippen LogP contribution in [0.15, 0.2) is 0 Å². The van der Waals surface area contributed by atoms with Crippen LogP contribution in [0.2, 0.25) is 13.6 Å². The fourth-order valence-electron chi connectivity index (χ4n) is 0.377. The molecule has 6 heteroatoms. The number of hydrogen-bond acceptors (Lipinski definition) is 2. The molecule has 0 N–H and O–H groups in total. The summed E-state index contributed by atoms with van der Waals surface area (Å²) < 4.78 is 26.4. The van der Waals surface area contributed by atoms with Gasteiger partial charge < -0.3 is 4.44 Å². The van der Waals surface area contributed by atoms with E-state index in [9.17, 15) is 8.76 Å². The van der Waals surface area contributed by atoms with E-state index < -0.39 is 7.56 Å². The van der Waals surface area contributed by atoms with Crippen LogP contribution in [0.3, 0.4) is 0 Å². The first-order chi connectivity index (χ1) is 3.42. The van der Waals surface area contributed by atoms with Crippen molar-refractivity contribution < 1.29 is 13.2 Å². The third-order valence-electron chi connectivity index (χ3n) is 0.399. The quantitative estimate of drug-likeness (QED) is 0.417. The maximum Gasteiger partial charge on any atom is 0.297 e. The van der Waals surface area contributed by atoms with E-state index in [1.807, 2.05) is 0 Å². The van der Waals surface area contributed by atoms with Gasteiger partial charge >= 0.3 is 0 Å². The summed E-state index contributed by atoms with van der Waals surface area (Å²) in [7, 11) is -2.77. The molecule has 1 unspecified atom stereocenters. The maximum atomic E-state index is 12.0. The van der Waals surface area contributed by atoms with Crippen LogP contribution < -0.4 is 0 Å². The monoisotopic (exact) mass is 136 g/mol. The Morgan fingerprint density at radius 2 is 2.12 bits per heavy atom. The van der Waals surface area contributed by atoms with E-state index in [1.165, 1.54) is 0 Å². The molecule has 0 bridgehead atoms. The van der Waals surface area contributed by atoms with Crippen molar-refractivity contribution in [3.8, 4) is 0 Å². The van der Waals surface area contributed by atoms with Gasteiger partial charge in [0.2, 0.25) is 0 Å². The Morgan fingerprint density at radius 3 is 2.12 bits per heavy atom. The Balaban J connectivity index is 3.56. The topological polar surface area (TPSA) is 26.3 Å². The zero-order valence-corrected chi connectivity index (χ0v) is 6.11. The maximum absolute atomic E-state index is 12.0. The molecule has 0 heterocycles. The van der Waals surface area contributed by atoms with Crippen molar-refractivity contribution in [2.24, 2.45) is 0 Å². The Labute approximate surface area is 49.8 Å². The van der Waals surface area contributed by atoms with Gasteiger partial charge in [-0.05, 0) is 0 Å². The average Bonchev–Trinajstić information content (AvgIpc) is 1.21. The van der Waals surface area contributed by atoms with Gasteiger partial charge in [0.25, 0.3) is 22.0 Å². The summed E-state index contributed by atoms with van der Waals surface area (Å²) in [4.78, 5) is 0. The summed E-state index contributed by atoms with van der Waals surface area (Å²) in [5, 5.41) is 0. The largest absolute Gasteiger partial charge is 0.376 e. The van der Waals surface area contributed by atoms with Crippen LogP contribution in [-0.2, 0) is 9.01 Å². The zero-order chi connectivity index (χ0) is 6.78. The predicted octanol–water partition coefficient (Wildman–Crippen LogP) is 0.965. The molecule has 0 rings (SSSR count). The molecule has 0 spiro atoms. The van der Waals surface area contributed by atoms with Gasteiger partial charge in [-0.3, -0.25) is 4.57 Å². The van der Waals surface area contributed by atoms with E-state index in [1.54, 1.807) is 13.6 Å². The third-order valence-corrected chi connectivity index (χ3v) is 1.20. The Morgan fingerprint density at radius 1 is 1.75 bits per heavy atom. The molecular weight excluding hydrogens is 128 g/mol. The van der Waals surface area contributed by atoms with Crippen molar-refractivity contribution in [1.29, 1.82) is 0 Å². The molecule has 0 aromatic carbocycles. The summed E-state index contributed by atoms with van der Waals surface area (Å²) in [6.45, 7) is 2.97. The third kappa shape index (κ3) is 6.25. The smallest absolute Gasteiger partial charge is 0.297 e. The van der Waals surface area contributed by atoms with Crippen molar-refractivity contribution >= 4 is 22.0 Å². The minimum absolute atomic E-state index is 0.296. The van der Waals surface area contributed by atoms with E-state index in [4.69, 9.17) is 0 Å². The first-order valence-corrected chi connectivity index (χ1v) is 4.33. The lowest BCUT2D eigenvalue weighted by Gasteiger charge is -2.04. The second-order valence-corrected chi connectivity index (χ2v) is 3.61. The van der Waals surface area contributed by atoms with Gasteiger partial charge in [0, 0.05) is 0 Å². The van der Waals surface area contributed by atoms with Crippen LogP contribution in [0.5, 0.6) is 0 Å². The van der Waals surface area contributed by atoms with Gasteiger partial charge in [-0.25, -0.2) is 0 Å². The fourth-order valence-corrected chi connectivity index (χ4v) is 1.13. The van der Waals surface area contributed by atoms with Crippen molar-refractivity contribution in [3.05, 3.63) is 0 Å². The van der Waals surface area contributed by atoms with Gasteiger partial charge in [-0.1, -0.05) is 13.6 Å². The SMILES string of the molecule is BP(=O)(F)OB(C)C. The molecule has 0 aliphatic rings. The van der Waals surface area contributed by atoms with Crippen molar-refractivity contribution in [2.75, 3.05) is 0 Å². The van der Waals surface area contributed by atoms with E-state index >= 15 is 0 Å². The first-order valence-electron chi connectivity index (χ1n) is 2.37. The molecule has 0 aromatic rings. The number of hydrogen-bond donors (Lipinski definition) is 0. The van der Waals surface area contributed by atoms with E-state index in [-0.39, 0.29) is 6.92 Å².